The molecule has 84 valence electrons. The first-order valence-corrected chi connectivity index (χ1v) is 6.97. The molecule has 1 heterocycles. The fourth-order valence-electron chi connectivity index (χ4n) is 1.33. The number of alkyl halides is 1. The summed E-state index contributed by atoms with van der Waals surface area (Å²) in [6.07, 6.45) is 0. The zero-order valence-electron chi connectivity index (χ0n) is 8.54. The van der Waals surface area contributed by atoms with Crippen LogP contribution in [0.3, 0.4) is 0 Å². The van der Waals surface area contributed by atoms with Gasteiger partial charge in [-0.25, -0.2) is 4.98 Å². The fraction of sp³-hybridized carbons (Fsp3) is 0.182. The predicted octanol–water partition coefficient (Wildman–Crippen LogP) is 4.37. The highest BCUT2D eigenvalue weighted by molar-refractivity contribution is 9.08. The van der Waals surface area contributed by atoms with Crippen molar-refractivity contribution in [2.24, 2.45) is 0 Å². The van der Waals surface area contributed by atoms with Crippen molar-refractivity contribution in [1.82, 2.24) is 4.98 Å². The number of hydrogen-bond donors (Lipinski definition) is 0. The van der Waals surface area contributed by atoms with E-state index in [9.17, 15) is 0 Å². The van der Waals surface area contributed by atoms with E-state index in [1.807, 2.05) is 17.5 Å². The Morgan fingerprint density at radius 2 is 2.31 bits per heavy atom. The molecule has 0 unspecified atom stereocenters. The Bertz CT molecular complexity index is 500. The van der Waals surface area contributed by atoms with Gasteiger partial charge in [0.1, 0.15) is 10.8 Å². The molecule has 0 spiro atoms. The number of benzene rings is 1. The van der Waals surface area contributed by atoms with Crippen LogP contribution in [0.15, 0.2) is 23.6 Å². The van der Waals surface area contributed by atoms with E-state index in [1.54, 1.807) is 24.5 Å². The minimum Gasteiger partial charge on any atom is -0.497 e. The second-order valence-corrected chi connectivity index (χ2v) is 5.02. The van der Waals surface area contributed by atoms with E-state index in [1.165, 1.54) is 0 Å². The first kappa shape index (κ1) is 11.9. The van der Waals surface area contributed by atoms with Gasteiger partial charge in [-0.1, -0.05) is 27.5 Å². The number of thiazole rings is 1. The molecule has 1 aromatic carbocycles. The molecule has 0 saturated heterocycles. The van der Waals surface area contributed by atoms with Crippen LogP contribution in [0.25, 0.3) is 11.3 Å². The zero-order chi connectivity index (χ0) is 11.5. The Hall–Kier alpha value is -0.580. The maximum absolute atomic E-state index is 6.17. The van der Waals surface area contributed by atoms with Crippen molar-refractivity contribution in [2.75, 3.05) is 7.11 Å². The monoisotopic (exact) mass is 317 g/mol. The summed E-state index contributed by atoms with van der Waals surface area (Å²) >= 11 is 11.2. The lowest BCUT2D eigenvalue weighted by molar-refractivity contribution is 0.415. The molecule has 2 rings (SSSR count). The van der Waals surface area contributed by atoms with Crippen molar-refractivity contribution in [3.05, 3.63) is 33.6 Å². The second-order valence-electron chi connectivity index (χ2n) is 3.11. The van der Waals surface area contributed by atoms with E-state index < -0.39 is 0 Å². The van der Waals surface area contributed by atoms with Crippen LogP contribution in [0.2, 0.25) is 5.02 Å². The summed E-state index contributed by atoms with van der Waals surface area (Å²) in [5.41, 5.74) is 1.85. The van der Waals surface area contributed by atoms with Gasteiger partial charge in [0, 0.05) is 10.9 Å². The number of methoxy groups -OCH3 is 1. The summed E-state index contributed by atoms with van der Waals surface area (Å²) in [5, 5.41) is 4.48. The van der Waals surface area contributed by atoms with Gasteiger partial charge in [-0.15, -0.1) is 11.3 Å². The van der Waals surface area contributed by atoms with Crippen LogP contribution < -0.4 is 4.74 Å². The van der Waals surface area contributed by atoms with Crippen LogP contribution in [0.1, 0.15) is 5.01 Å². The van der Waals surface area contributed by atoms with Gasteiger partial charge in [0.2, 0.25) is 0 Å². The molecule has 0 aliphatic carbocycles. The van der Waals surface area contributed by atoms with Crippen LogP contribution in [0.5, 0.6) is 5.75 Å². The SMILES string of the molecule is COc1ccc(-c2csc(CBr)n2)c(Cl)c1. The van der Waals surface area contributed by atoms with Gasteiger partial charge < -0.3 is 4.74 Å². The summed E-state index contributed by atoms with van der Waals surface area (Å²) in [6, 6.07) is 5.60. The van der Waals surface area contributed by atoms with Crippen molar-refractivity contribution in [2.45, 2.75) is 5.33 Å². The summed E-state index contributed by atoms with van der Waals surface area (Å²) in [5.74, 6) is 0.754. The van der Waals surface area contributed by atoms with Crippen LogP contribution in [-0.4, -0.2) is 12.1 Å². The number of hydrogen-bond acceptors (Lipinski definition) is 3. The van der Waals surface area contributed by atoms with Gasteiger partial charge >= 0.3 is 0 Å². The molecule has 16 heavy (non-hydrogen) atoms. The quantitative estimate of drug-likeness (QED) is 0.784. The highest BCUT2D eigenvalue weighted by atomic mass is 79.9. The highest BCUT2D eigenvalue weighted by Crippen LogP contribution is 2.32. The first-order chi connectivity index (χ1) is 7.74. The summed E-state index contributed by atoms with van der Waals surface area (Å²) in [7, 11) is 1.62. The van der Waals surface area contributed by atoms with Crippen LogP contribution in [0.4, 0.5) is 0 Å². The molecule has 2 nitrogen and oxygen atoms in total. The number of halogens is 2. The number of ether oxygens (including phenoxy) is 1. The molecule has 5 heteroatoms. The molecule has 2 aromatic rings. The Kier molecular flexibility index (Phi) is 3.84. The standard InChI is InChI=1S/C11H9BrClNOS/c1-15-7-2-3-8(9(13)4-7)10-6-16-11(5-12)14-10/h2-4,6H,5H2,1H3. The van der Waals surface area contributed by atoms with Crippen molar-refractivity contribution < 1.29 is 4.74 Å². The van der Waals surface area contributed by atoms with Crippen molar-refractivity contribution >= 4 is 38.9 Å². The fourth-order valence-corrected chi connectivity index (χ4v) is 2.76. The Morgan fingerprint density at radius 1 is 1.50 bits per heavy atom. The third-order valence-corrected chi connectivity index (χ3v) is 4.18. The zero-order valence-corrected chi connectivity index (χ0v) is 11.7. The van der Waals surface area contributed by atoms with E-state index in [0.29, 0.717) is 5.02 Å². The third kappa shape index (κ3) is 2.39. The van der Waals surface area contributed by atoms with Crippen LogP contribution in [0, 0.1) is 0 Å². The van der Waals surface area contributed by atoms with Crippen molar-refractivity contribution in [3.8, 4) is 17.0 Å². The van der Waals surface area contributed by atoms with E-state index in [-0.39, 0.29) is 0 Å². The summed E-state index contributed by atoms with van der Waals surface area (Å²) in [6.45, 7) is 0. The van der Waals surface area contributed by atoms with Gasteiger partial charge in [0.25, 0.3) is 0 Å². The maximum atomic E-state index is 6.17. The Balaban J connectivity index is 2.40. The normalized spacial score (nSPS) is 10.4. The topological polar surface area (TPSA) is 22.1 Å². The van der Waals surface area contributed by atoms with Crippen LogP contribution in [-0.2, 0) is 5.33 Å². The van der Waals surface area contributed by atoms with E-state index in [2.05, 4.69) is 20.9 Å². The Morgan fingerprint density at radius 3 is 2.88 bits per heavy atom. The van der Waals surface area contributed by atoms with Gasteiger partial charge in [0.15, 0.2) is 0 Å². The van der Waals surface area contributed by atoms with E-state index in [0.717, 1.165) is 27.3 Å². The van der Waals surface area contributed by atoms with E-state index >= 15 is 0 Å². The molecule has 0 aliphatic heterocycles. The molecule has 0 fully saturated rings. The smallest absolute Gasteiger partial charge is 0.120 e. The van der Waals surface area contributed by atoms with E-state index in [4.69, 9.17) is 16.3 Å². The van der Waals surface area contributed by atoms with Gasteiger partial charge in [-0.3, -0.25) is 0 Å². The summed E-state index contributed by atoms with van der Waals surface area (Å²) < 4.78 is 5.10. The largest absolute Gasteiger partial charge is 0.497 e. The average molecular weight is 319 g/mol. The molecule has 0 radical (unpaired) electrons. The molecule has 0 N–H and O–H groups in total. The highest BCUT2D eigenvalue weighted by Gasteiger charge is 2.08. The minimum absolute atomic E-state index is 0.658. The number of nitrogens with zero attached hydrogens (tertiary/aromatic N) is 1. The predicted molar refractivity (Wildman–Crippen MR) is 71.7 cm³/mol. The van der Waals surface area contributed by atoms with Crippen LogP contribution >= 0.6 is 38.9 Å². The number of rotatable bonds is 3. The lowest BCUT2D eigenvalue weighted by Gasteiger charge is -2.03. The second kappa shape index (κ2) is 5.17. The van der Waals surface area contributed by atoms with Crippen molar-refractivity contribution in [1.29, 1.82) is 0 Å². The lowest BCUT2D eigenvalue weighted by Crippen LogP contribution is -1.85. The number of aromatic nitrogens is 1. The van der Waals surface area contributed by atoms with Gasteiger partial charge in [0.05, 0.1) is 23.2 Å². The molecular formula is C11H9BrClNOS. The molecule has 0 amide bonds. The maximum Gasteiger partial charge on any atom is 0.120 e. The Labute approximate surface area is 111 Å². The molecular weight excluding hydrogens is 310 g/mol. The van der Waals surface area contributed by atoms with Gasteiger partial charge in [-0.2, -0.15) is 0 Å². The molecule has 0 aliphatic rings. The molecule has 1 aromatic heterocycles. The molecule has 0 atom stereocenters. The lowest BCUT2D eigenvalue weighted by atomic mass is 10.1. The molecule has 0 saturated carbocycles. The average Bonchev–Trinajstić information content (AvgIpc) is 2.77. The first-order valence-electron chi connectivity index (χ1n) is 4.59. The molecule has 0 bridgehead atoms. The third-order valence-electron chi connectivity index (χ3n) is 2.12. The van der Waals surface area contributed by atoms with Gasteiger partial charge in [-0.05, 0) is 18.2 Å². The minimum atomic E-state index is 0.658. The summed E-state index contributed by atoms with van der Waals surface area (Å²) in [4.78, 5) is 4.46. The van der Waals surface area contributed by atoms with Crippen molar-refractivity contribution in [3.63, 3.8) is 0 Å².